The molecule has 1 aromatic carbocycles. The fraction of sp³-hybridized carbons (Fsp3) is 0.0714. The van der Waals surface area contributed by atoms with E-state index in [-0.39, 0.29) is 12.4 Å². The minimum Gasteiger partial charge on any atom is -1.00 e. The van der Waals surface area contributed by atoms with Gasteiger partial charge in [0.15, 0.2) is 0 Å². The molecule has 0 amide bonds. The van der Waals surface area contributed by atoms with Gasteiger partial charge in [-0.05, 0) is 19.1 Å². The van der Waals surface area contributed by atoms with Crippen LogP contribution in [0.2, 0.25) is 0 Å². The molecule has 0 spiro atoms. The number of aromatic amines is 1. The summed E-state index contributed by atoms with van der Waals surface area (Å²) in [5, 5.41) is 1.23. The van der Waals surface area contributed by atoms with Crippen molar-refractivity contribution in [2.75, 3.05) is 0 Å². The highest BCUT2D eigenvalue weighted by atomic mass is 35.5. The van der Waals surface area contributed by atoms with Crippen molar-refractivity contribution < 1.29 is 17.4 Å². The average molecular weight is 232 g/mol. The van der Waals surface area contributed by atoms with Crippen molar-refractivity contribution in [3.05, 3.63) is 60.3 Å². The summed E-state index contributed by atoms with van der Waals surface area (Å²) in [5.74, 6) is 0. The van der Waals surface area contributed by atoms with Crippen molar-refractivity contribution in [3.8, 4) is 0 Å². The summed E-state index contributed by atoms with van der Waals surface area (Å²) in [7, 11) is 0. The minimum absolute atomic E-state index is 0. The van der Waals surface area contributed by atoms with Crippen molar-refractivity contribution in [2.45, 2.75) is 6.92 Å². The number of para-hydroxylation sites is 1. The van der Waals surface area contributed by atoms with Gasteiger partial charge in [0, 0.05) is 23.6 Å². The van der Waals surface area contributed by atoms with E-state index in [4.69, 9.17) is 0 Å². The quantitative estimate of drug-likeness (QED) is 0.658. The smallest absolute Gasteiger partial charge is 0.211 e. The first-order valence-corrected chi connectivity index (χ1v) is 5.00. The Hall–Kier alpha value is -1.60. The first-order valence-electron chi connectivity index (χ1n) is 5.00. The Bertz CT molecular complexity index is 529. The van der Waals surface area contributed by atoms with Crippen LogP contribution in [0.25, 0.3) is 17.0 Å². The van der Waals surface area contributed by atoms with Gasteiger partial charge in [0.2, 0.25) is 11.2 Å². The molecule has 1 heterocycles. The Morgan fingerprint density at radius 3 is 2.69 bits per heavy atom. The molecule has 0 saturated carbocycles. The molecule has 0 bridgehead atoms. The van der Waals surface area contributed by atoms with Crippen LogP contribution in [0.3, 0.4) is 0 Å². The van der Waals surface area contributed by atoms with Crippen molar-refractivity contribution in [1.29, 1.82) is 0 Å². The molecule has 2 aromatic rings. The molecule has 1 aromatic heterocycles. The van der Waals surface area contributed by atoms with E-state index in [1.54, 1.807) is 0 Å². The van der Waals surface area contributed by atoms with E-state index in [0.29, 0.717) is 0 Å². The molecule has 2 heteroatoms. The van der Waals surface area contributed by atoms with Crippen LogP contribution in [0, 0.1) is 0 Å². The van der Waals surface area contributed by atoms with E-state index in [2.05, 4.69) is 35.8 Å². The average Bonchev–Trinajstić information content (AvgIpc) is 2.26. The first kappa shape index (κ1) is 12.5. The Labute approximate surface area is 102 Å². The molecule has 0 aliphatic rings. The number of halogens is 1. The Morgan fingerprint density at radius 1 is 1.19 bits per heavy atom. The number of H-pyrrole nitrogens is 1. The second kappa shape index (κ2) is 5.47. The maximum Gasteiger partial charge on any atom is 0.211 e. The van der Waals surface area contributed by atoms with Gasteiger partial charge < -0.3 is 12.4 Å². The molecular weight excluding hydrogens is 218 g/mol. The van der Waals surface area contributed by atoms with Crippen LogP contribution in [0.1, 0.15) is 12.6 Å². The third-order valence-corrected chi connectivity index (χ3v) is 2.23. The van der Waals surface area contributed by atoms with Crippen LogP contribution >= 0.6 is 0 Å². The highest BCUT2D eigenvalue weighted by Crippen LogP contribution is 2.09. The topological polar surface area (TPSA) is 14.1 Å². The van der Waals surface area contributed by atoms with Gasteiger partial charge in [0.1, 0.15) is 0 Å². The number of benzene rings is 1. The molecule has 1 nitrogen and oxygen atoms in total. The predicted molar refractivity (Wildman–Crippen MR) is 64.4 cm³/mol. The fourth-order valence-corrected chi connectivity index (χ4v) is 1.46. The van der Waals surface area contributed by atoms with Gasteiger partial charge in [-0.1, -0.05) is 30.4 Å². The van der Waals surface area contributed by atoms with Gasteiger partial charge in [-0.15, -0.1) is 0 Å². The normalized spacial score (nSPS) is 10.3. The van der Waals surface area contributed by atoms with Gasteiger partial charge >= 0.3 is 0 Å². The second-order valence-electron chi connectivity index (χ2n) is 3.68. The van der Waals surface area contributed by atoms with Crippen molar-refractivity contribution in [2.24, 2.45) is 0 Å². The highest BCUT2D eigenvalue weighted by molar-refractivity contribution is 5.75. The molecule has 0 radical (unpaired) electrons. The lowest BCUT2D eigenvalue weighted by atomic mass is 10.2. The number of fused-ring (bicyclic) bond motifs is 1. The van der Waals surface area contributed by atoms with Crippen LogP contribution < -0.4 is 17.4 Å². The summed E-state index contributed by atoms with van der Waals surface area (Å²) in [5.41, 5.74) is 3.30. The molecule has 16 heavy (non-hydrogen) atoms. The van der Waals surface area contributed by atoms with Crippen molar-refractivity contribution in [3.63, 3.8) is 0 Å². The third kappa shape index (κ3) is 2.94. The maximum absolute atomic E-state index is 3.83. The van der Waals surface area contributed by atoms with Crippen LogP contribution in [0.5, 0.6) is 0 Å². The first-order chi connectivity index (χ1) is 7.25. The SMILES string of the molecule is C=C(C)/C=C/c1ccc2ccccc2[nH+]1.[Cl-]. The van der Waals surface area contributed by atoms with Crippen molar-refractivity contribution in [1.82, 2.24) is 0 Å². The summed E-state index contributed by atoms with van der Waals surface area (Å²) in [6.07, 6.45) is 4.04. The molecule has 1 N–H and O–H groups in total. The molecule has 0 atom stereocenters. The molecule has 0 fully saturated rings. The molecule has 0 aliphatic carbocycles. The lowest BCUT2D eigenvalue weighted by molar-refractivity contribution is -0.347. The number of nitrogens with one attached hydrogen (secondary N) is 1. The van der Waals surface area contributed by atoms with Gasteiger partial charge in [0.05, 0.1) is 0 Å². The van der Waals surface area contributed by atoms with E-state index in [1.165, 1.54) is 5.39 Å². The van der Waals surface area contributed by atoms with Crippen LogP contribution in [-0.4, -0.2) is 0 Å². The number of pyridine rings is 1. The Balaban J connectivity index is 0.00000128. The zero-order valence-electron chi connectivity index (χ0n) is 9.20. The summed E-state index contributed by atoms with van der Waals surface area (Å²) < 4.78 is 0. The standard InChI is InChI=1S/C14H13N.ClH/c1-11(2)7-9-13-10-8-12-5-3-4-6-14(12)15-13;/h3-10H,1H2,2H3;1H/b9-7+;. The summed E-state index contributed by atoms with van der Waals surface area (Å²) in [4.78, 5) is 3.35. The van der Waals surface area contributed by atoms with Gasteiger partial charge in [-0.2, -0.15) is 0 Å². The lowest BCUT2D eigenvalue weighted by Gasteiger charge is -1.91. The van der Waals surface area contributed by atoms with Gasteiger partial charge in [0.25, 0.3) is 0 Å². The molecule has 2 rings (SSSR count). The lowest BCUT2D eigenvalue weighted by Crippen LogP contribution is -3.00. The molecule has 0 aliphatic heterocycles. The number of allylic oxidation sites excluding steroid dienone is 2. The van der Waals surface area contributed by atoms with E-state index >= 15 is 0 Å². The minimum atomic E-state index is 0. The second-order valence-corrected chi connectivity index (χ2v) is 3.68. The zero-order valence-corrected chi connectivity index (χ0v) is 9.96. The number of aromatic nitrogens is 1. The number of hydrogen-bond acceptors (Lipinski definition) is 0. The summed E-state index contributed by atoms with van der Waals surface area (Å²) in [6, 6.07) is 12.4. The van der Waals surface area contributed by atoms with E-state index < -0.39 is 0 Å². The predicted octanol–water partition coefficient (Wildman–Crippen LogP) is 0.247. The third-order valence-electron chi connectivity index (χ3n) is 2.23. The van der Waals surface area contributed by atoms with Crippen LogP contribution in [0.4, 0.5) is 0 Å². The van der Waals surface area contributed by atoms with Gasteiger partial charge in [-0.25, -0.2) is 4.98 Å². The van der Waals surface area contributed by atoms with Crippen molar-refractivity contribution >= 4 is 17.0 Å². The highest BCUT2D eigenvalue weighted by Gasteiger charge is 2.00. The molecule has 0 saturated heterocycles. The zero-order chi connectivity index (χ0) is 10.7. The molecule has 0 unspecified atom stereocenters. The maximum atomic E-state index is 3.83. The summed E-state index contributed by atoms with van der Waals surface area (Å²) >= 11 is 0. The summed E-state index contributed by atoms with van der Waals surface area (Å²) in [6.45, 7) is 5.82. The van der Waals surface area contributed by atoms with Crippen LogP contribution in [0.15, 0.2) is 54.6 Å². The number of rotatable bonds is 2. The monoisotopic (exact) mass is 231 g/mol. The van der Waals surface area contributed by atoms with E-state index in [9.17, 15) is 0 Å². The van der Waals surface area contributed by atoms with E-state index in [1.807, 2.05) is 31.2 Å². The Morgan fingerprint density at radius 2 is 1.94 bits per heavy atom. The fourth-order valence-electron chi connectivity index (χ4n) is 1.46. The van der Waals surface area contributed by atoms with E-state index in [0.717, 1.165) is 16.8 Å². The molecular formula is C14H14ClN. The Kier molecular flexibility index (Phi) is 4.27. The van der Waals surface area contributed by atoms with Gasteiger partial charge in [-0.3, -0.25) is 0 Å². The number of hydrogen-bond donors (Lipinski definition) is 0. The van der Waals surface area contributed by atoms with Crippen LogP contribution in [-0.2, 0) is 0 Å². The largest absolute Gasteiger partial charge is 1.00 e. The molecule has 82 valence electrons.